The number of thiocarbonyl (C=S) groups is 1. The lowest BCUT2D eigenvalue weighted by atomic mass is 10.2. The number of thiophene rings is 1. The highest BCUT2D eigenvalue weighted by Gasteiger charge is 2.03. The summed E-state index contributed by atoms with van der Waals surface area (Å²) in [6.07, 6.45) is 1.77. The molecule has 0 bridgehead atoms. The van der Waals surface area contributed by atoms with Gasteiger partial charge in [0.25, 0.3) is 0 Å². The van der Waals surface area contributed by atoms with E-state index >= 15 is 0 Å². The highest BCUT2D eigenvalue weighted by atomic mass is 32.1. The van der Waals surface area contributed by atoms with Crippen LogP contribution >= 0.6 is 23.6 Å². The molecule has 6 heteroatoms. The summed E-state index contributed by atoms with van der Waals surface area (Å²) in [7, 11) is 1.66. The molecule has 0 amide bonds. The van der Waals surface area contributed by atoms with Crippen molar-refractivity contribution in [2.24, 2.45) is 5.10 Å². The predicted octanol–water partition coefficient (Wildman–Crippen LogP) is 3.25. The van der Waals surface area contributed by atoms with Crippen LogP contribution in [0.4, 0.5) is 0 Å². The first-order valence-electron chi connectivity index (χ1n) is 6.93. The maximum absolute atomic E-state index is 5.15. The molecule has 0 saturated heterocycles. The Bertz CT molecular complexity index is 625. The summed E-state index contributed by atoms with van der Waals surface area (Å²) in [5.74, 6) is 0. The van der Waals surface area contributed by atoms with Crippen molar-refractivity contribution in [2.45, 2.75) is 13.0 Å². The third kappa shape index (κ3) is 5.22. The lowest BCUT2D eigenvalue weighted by molar-refractivity contribution is 0.179. The Morgan fingerprint density at radius 3 is 2.82 bits per heavy atom. The minimum atomic E-state index is 0.145. The number of methoxy groups -OCH3 is 1. The van der Waals surface area contributed by atoms with E-state index in [9.17, 15) is 0 Å². The summed E-state index contributed by atoms with van der Waals surface area (Å²) >= 11 is 6.84. The van der Waals surface area contributed by atoms with Gasteiger partial charge in [0.05, 0.1) is 12.8 Å². The minimum Gasteiger partial charge on any atom is -0.383 e. The monoisotopic (exact) mass is 333 g/mol. The van der Waals surface area contributed by atoms with Gasteiger partial charge in [-0.1, -0.05) is 30.3 Å². The fourth-order valence-corrected chi connectivity index (χ4v) is 3.02. The number of ether oxygens (including phenoxy) is 1. The fraction of sp³-hybridized carbons (Fsp3) is 0.250. The average molecular weight is 333 g/mol. The van der Waals surface area contributed by atoms with Crippen LogP contribution in [0.25, 0.3) is 10.4 Å². The van der Waals surface area contributed by atoms with Crippen molar-refractivity contribution in [3.8, 4) is 10.4 Å². The molecule has 0 unspecified atom stereocenters. The molecule has 22 heavy (non-hydrogen) atoms. The number of nitrogens with zero attached hydrogens (tertiary/aromatic N) is 1. The smallest absolute Gasteiger partial charge is 0.187 e. The predicted molar refractivity (Wildman–Crippen MR) is 97.6 cm³/mol. The largest absolute Gasteiger partial charge is 0.383 e. The molecule has 116 valence electrons. The third-order valence-corrected chi connectivity index (χ3v) is 4.12. The Labute approximate surface area is 140 Å². The van der Waals surface area contributed by atoms with Crippen LogP contribution in [0.3, 0.4) is 0 Å². The lowest BCUT2D eigenvalue weighted by Gasteiger charge is -2.13. The third-order valence-electron chi connectivity index (χ3n) is 2.84. The number of hydrazone groups is 1. The first kappa shape index (κ1) is 16.6. The summed E-state index contributed by atoms with van der Waals surface area (Å²) in [6, 6.07) is 14.6. The summed E-state index contributed by atoms with van der Waals surface area (Å²) in [5.41, 5.74) is 4.02. The van der Waals surface area contributed by atoms with E-state index in [1.165, 1.54) is 10.4 Å². The van der Waals surface area contributed by atoms with E-state index in [2.05, 4.69) is 34.0 Å². The molecular formula is C16H19N3OS2. The summed E-state index contributed by atoms with van der Waals surface area (Å²) in [5, 5.41) is 7.72. The van der Waals surface area contributed by atoms with Gasteiger partial charge in [0.2, 0.25) is 0 Å². The van der Waals surface area contributed by atoms with Crippen LogP contribution < -0.4 is 10.7 Å². The van der Waals surface area contributed by atoms with Crippen molar-refractivity contribution in [1.29, 1.82) is 0 Å². The number of hydrogen-bond acceptors (Lipinski definition) is 4. The maximum atomic E-state index is 5.15. The molecule has 1 aromatic heterocycles. The van der Waals surface area contributed by atoms with Crippen molar-refractivity contribution in [3.63, 3.8) is 0 Å². The van der Waals surface area contributed by atoms with Crippen LogP contribution in [0.15, 0.2) is 47.6 Å². The van der Waals surface area contributed by atoms with Crippen LogP contribution in [0.1, 0.15) is 11.8 Å². The van der Waals surface area contributed by atoms with E-state index in [0.717, 1.165) is 4.88 Å². The fourth-order valence-electron chi connectivity index (χ4n) is 1.88. The molecule has 0 aliphatic carbocycles. The highest BCUT2D eigenvalue weighted by molar-refractivity contribution is 7.80. The van der Waals surface area contributed by atoms with Gasteiger partial charge in [-0.25, -0.2) is 0 Å². The van der Waals surface area contributed by atoms with Gasteiger partial charge in [0.1, 0.15) is 0 Å². The van der Waals surface area contributed by atoms with Crippen molar-refractivity contribution in [3.05, 3.63) is 47.3 Å². The average Bonchev–Trinajstić information content (AvgIpc) is 2.97. The molecule has 2 N–H and O–H groups in total. The zero-order valence-electron chi connectivity index (χ0n) is 12.6. The molecular weight excluding hydrogens is 314 g/mol. The van der Waals surface area contributed by atoms with E-state index in [1.807, 2.05) is 31.2 Å². The first-order valence-corrected chi connectivity index (χ1v) is 8.15. The van der Waals surface area contributed by atoms with Crippen LogP contribution in [0.2, 0.25) is 0 Å². The van der Waals surface area contributed by atoms with Gasteiger partial charge in [-0.2, -0.15) is 5.10 Å². The van der Waals surface area contributed by atoms with Gasteiger partial charge in [-0.05, 0) is 36.8 Å². The molecule has 1 aromatic carbocycles. The maximum Gasteiger partial charge on any atom is 0.187 e. The second-order valence-electron chi connectivity index (χ2n) is 4.77. The van der Waals surface area contributed by atoms with Gasteiger partial charge in [-0.15, -0.1) is 11.3 Å². The molecule has 0 saturated carbocycles. The van der Waals surface area contributed by atoms with E-state index in [1.54, 1.807) is 24.7 Å². The normalized spacial score (nSPS) is 12.3. The lowest BCUT2D eigenvalue weighted by Crippen LogP contribution is -2.40. The van der Waals surface area contributed by atoms with E-state index < -0.39 is 0 Å². The van der Waals surface area contributed by atoms with Gasteiger partial charge in [-0.3, -0.25) is 5.43 Å². The standard InChI is InChI=1S/C16H19N3OS2/c1-12(11-20-2)18-16(21)19-17-10-14-8-9-15(22-14)13-6-4-3-5-7-13/h3-10,12H,11H2,1-2H3,(H2,18,19,21)/b17-10-/t12-/m1/s1. The molecule has 0 fully saturated rings. The molecule has 2 aromatic rings. The molecule has 0 aliphatic heterocycles. The highest BCUT2D eigenvalue weighted by Crippen LogP contribution is 2.26. The van der Waals surface area contributed by atoms with Crippen LogP contribution in [0, 0.1) is 0 Å². The summed E-state index contributed by atoms with van der Waals surface area (Å²) in [4.78, 5) is 2.29. The summed E-state index contributed by atoms with van der Waals surface area (Å²) < 4.78 is 5.04. The molecule has 2 rings (SSSR count). The Kier molecular flexibility index (Phi) is 6.51. The first-order chi connectivity index (χ1) is 10.7. The van der Waals surface area contributed by atoms with E-state index in [0.29, 0.717) is 11.7 Å². The van der Waals surface area contributed by atoms with Gasteiger partial charge >= 0.3 is 0 Å². The topological polar surface area (TPSA) is 45.6 Å². The van der Waals surface area contributed by atoms with Crippen molar-refractivity contribution < 1.29 is 4.74 Å². The zero-order valence-corrected chi connectivity index (χ0v) is 14.2. The van der Waals surface area contributed by atoms with Crippen molar-refractivity contribution >= 4 is 34.9 Å². The Hall–Kier alpha value is -1.76. The molecule has 1 atom stereocenters. The minimum absolute atomic E-state index is 0.145. The Morgan fingerprint density at radius 1 is 1.32 bits per heavy atom. The van der Waals surface area contributed by atoms with E-state index in [4.69, 9.17) is 17.0 Å². The summed E-state index contributed by atoms with van der Waals surface area (Å²) in [6.45, 7) is 2.59. The van der Waals surface area contributed by atoms with Crippen LogP contribution in [-0.4, -0.2) is 31.1 Å². The number of hydrogen-bond donors (Lipinski definition) is 2. The quantitative estimate of drug-likeness (QED) is 0.484. The molecule has 4 nitrogen and oxygen atoms in total. The zero-order chi connectivity index (χ0) is 15.8. The Morgan fingerprint density at radius 2 is 2.09 bits per heavy atom. The van der Waals surface area contributed by atoms with Crippen LogP contribution in [0.5, 0.6) is 0 Å². The van der Waals surface area contributed by atoms with Gasteiger partial charge < -0.3 is 10.1 Å². The molecule has 0 spiro atoms. The second kappa shape index (κ2) is 8.63. The number of benzene rings is 1. The molecule has 0 radical (unpaired) electrons. The molecule has 0 aliphatic rings. The number of nitrogens with one attached hydrogen (secondary N) is 2. The molecule has 1 heterocycles. The van der Waals surface area contributed by atoms with E-state index in [-0.39, 0.29) is 6.04 Å². The second-order valence-corrected chi connectivity index (χ2v) is 6.29. The Balaban J connectivity index is 1.86. The van der Waals surface area contributed by atoms with Gasteiger partial charge in [0.15, 0.2) is 5.11 Å². The SMILES string of the molecule is COC[C@@H](C)NC(=S)N/N=C\c1ccc(-c2ccccc2)s1. The van der Waals surface area contributed by atoms with Crippen LogP contribution in [-0.2, 0) is 4.74 Å². The van der Waals surface area contributed by atoms with Crippen molar-refractivity contribution in [1.82, 2.24) is 10.7 Å². The van der Waals surface area contributed by atoms with Crippen molar-refractivity contribution in [2.75, 3.05) is 13.7 Å². The number of rotatable bonds is 6. The van der Waals surface area contributed by atoms with Gasteiger partial charge in [0, 0.05) is 22.9 Å².